The van der Waals surface area contributed by atoms with Crippen LogP contribution >= 0.6 is 0 Å². The second-order valence-electron chi connectivity index (χ2n) is 3.28. The van der Waals surface area contributed by atoms with Gasteiger partial charge in [0.25, 0.3) is 0 Å². The van der Waals surface area contributed by atoms with E-state index in [1.165, 1.54) is 12.1 Å². The SMILES string of the molecule is O=C(O)CNC(=O)Nc1cccc(OC(F)(F)F)c1. The van der Waals surface area contributed by atoms with Crippen molar-refractivity contribution in [2.75, 3.05) is 11.9 Å². The molecule has 6 nitrogen and oxygen atoms in total. The van der Waals surface area contributed by atoms with Gasteiger partial charge in [0.2, 0.25) is 0 Å². The molecule has 0 atom stereocenters. The highest BCUT2D eigenvalue weighted by atomic mass is 19.4. The summed E-state index contributed by atoms with van der Waals surface area (Å²) in [6.45, 7) is -0.607. The molecule has 0 unspecified atom stereocenters. The highest BCUT2D eigenvalue weighted by molar-refractivity contribution is 5.91. The number of halogens is 3. The number of carbonyl (C=O) groups is 2. The molecule has 0 spiro atoms. The number of carbonyl (C=O) groups excluding carboxylic acids is 1. The van der Waals surface area contributed by atoms with Crippen LogP contribution in [0.3, 0.4) is 0 Å². The quantitative estimate of drug-likeness (QED) is 0.783. The second-order valence-corrected chi connectivity index (χ2v) is 3.28. The summed E-state index contributed by atoms with van der Waals surface area (Å²) in [6.07, 6.45) is -4.83. The highest BCUT2D eigenvalue weighted by Crippen LogP contribution is 2.24. The van der Waals surface area contributed by atoms with Gasteiger partial charge in [-0.25, -0.2) is 4.79 Å². The molecule has 1 rings (SSSR count). The molecule has 2 amide bonds. The van der Waals surface area contributed by atoms with E-state index in [1.807, 2.05) is 5.32 Å². The van der Waals surface area contributed by atoms with Crippen molar-refractivity contribution in [3.63, 3.8) is 0 Å². The molecule has 0 saturated carbocycles. The minimum Gasteiger partial charge on any atom is -0.480 e. The van der Waals surface area contributed by atoms with Crippen LogP contribution in [0.2, 0.25) is 0 Å². The monoisotopic (exact) mass is 278 g/mol. The van der Waals surface area contributed by atoms with Crippen LogP contribution in [0, 0.1) is 0 Å². The van der Waals surface area contributed by atoms with Crippen LogP contribution in [-0.2, 0) is 4.79 Å². The average molecular weight is 278 g/mol. The molecule has 0 fully saturated rings. The fourth-order valence-electron chi connectivity index (χ4n) is 1.10. The summed E-state index contributed by atoms with van der Waals surface area (Å²) >= 11 is 0. The predicted octanol–water partition coefficient (Wildman–Crippen LogP) is 1.79. The number of ether oxygens (including phenoxy) is 1. The van der Waals surface area contributed by atoms with E-state index in [0.29, 0.717) is 0 Å². The molecule has 104 valence electrons. The number of hydrogen-bond donors (Lipinski definition) is 3. The van der Waals surface area contributed by atoms with Gasteiger partial charge in [0.15, 0.2) is 0 Å². The maximum absolute atomic E-state index is 12.0. The normalized spacial score (nSPS) is 10.7. The Balaban J connectivity index is 2.62. The number of urea groups is 1. The van der Waals surface area contributed by atoms with Crippen molar-refractivity contribution in [2.45, 2.75) is 6.36 Å². The van der Waals surface area contributed by atoms with Crippen molar-refractivity contribution in [1.29, 1.82) is 0 Å². The molecule has 19 heavy (non-hydrogen) atoms. The number of alkyl halides is 3. The number of anilines is 1. The summed E-state index contributed by atoms with van der Waals surface area (Å²) < 4.78 is 39.5. The molecule has 0 radical (unpaired) electrons. The molecule has 3 N–H and O–H groups in total. The Morgan fingerprint density at radius 1 is 1.32 bits per heavy atom. The predicted molar refractivity (Wildman–Crippen MR) is 57.8 cm³/mol. The van der Waals surface area contributed by atoms with Gasteiger partial charge in [-0.15, -0.1) is 13.2 Å². The van der Waals surface area contributed by atoms with Crippen LogP contribution in [-0.4, -0.2) is 30.0 Å². The molecule has 0 bridgehead atoms. The molecule has 0 aliphatic rings. The second kappa shape index (κ2) is 5.94. The lowest BCUT2D eigenvalue weighted by molar-refractivity contribution is -0.274. The molecule has 0 saturated heterocycles. The topological polar surface area (TPSA) is 87.7 Å². The Bertz CT molecular complexity index is 476. The number of amides is 2. The van der Waals surface area contributed by atoms with E-state index < -0.39 is 30.7 Å². The van der Waals surface area contributed by atoms with Gasteiger partial charge in [-0.1, -0.05) is 6.07 Å². The summed E-state index contributed by atoms with van der Waals surface area (Å²) in [5.74, 6) is -1.74. The number of nitrogens with one attached hydrogen (secondary N) is 2. The molecule has 1 aromatic rings. The van der Waals surface area contributed by atoms with Gasteiger partial charge in [0.05, 0.1) is 0 Å². The maximum Gasteiger partial charge on any atom is 0.573 e. The van der Waals surface area contributed by atoms with Gasteiger partial charge >= 0.3 is 18.4 Å². The van der Waals surface area contributed by atoms with Crippen molar-refractivity contribution >= 4 is 17.7 Å². The van der Waals surface area contributed by atoms with Crippen molar-refractivity contribution in [2.24, 2.45) is 0 Å². The van der Waals surface area contributed by atoms with Gasteiger partial charge in [-0.2, -0.15) is 0 Å². The first-order chi connectivity index (χ1) is 8.76. The minimum atomic E-state index is -4.83. The minimum absolute atomic E-state index is 0.0321. The third kappa shape index (κ3) is 6.15. The summed E-state index contributed by atoms with van der Waals surface area (Å²) in [4.78, 5) is 21.3. The van der Waals surface area contributed by atoms with E-state index in [-0.39, 0.29) is 5.69 Å². The third-order valence-electron chi connectivity index (χ3n) is 1.73. The van der Waals surface area contributed by atoms with Gasteiger partial charge < -0.3 is 20.5 Å². The van der Waals surface area contributed by atoms with E-state index in [9.17, 15) is 22.8 Å². The molecule has 9 heteroatoms. The van der Waals surface area contributed by atoms with Crippen molar-refractivity contribution in [3.05, 3.63) is 24.3 Å². The van der Waals surface area contributed by atoms with E-state index in [4.69, 9.17) is 5.11 Å². The Kier molecular flexibility index (Phi) is 4.56. The zero-order valence-electron chi connectivity index (χ0n) is 9.32. The lowest BCUT2D eigenvalue weighted by atomic mass is 10.3. The maximum atomic E-state index is 12.0. The van der Waals surface area contributed by atoms with Crippen LogP contribution in [0.1, 0.15) is 0 Å². The van der Waals surface area contributed by atoms with Crippen LogP contribution in [0.5, 0.6) is 5.75 Å². The van der Waals surface area contributed by atoms with Crippen molar-refractivity contribution in [1.82, 2.24) is 5.32 Å². The average Bonchev–Trinajstić information content (AvgIpc) is 2.24. The highest BCUT2D eigenvalue weighted by Gasteiger charge is 2.31. The van der Waals surface area contributed by atoms with Gasteiger partial charge in [0.1, 0.15) is 12.3 Å². The number of hydrogen-bond acceptors (Lipinski definition) is 3. The summed E-state index contributed by atoms with van der Waals surface area (Å²) in [6, 6.07) is 3.73. The van der Waals surface area contributed by atoms with E-state index >= 15 is 0 Å². The van der Waals surface area contributed by atoms with Gasteiger partial charge in [-0.05, 0) is 12.1 Å². The Labute approximate surface area is 105 Å². The zero-order valence-corrected chi connectivity index (χ0v) is 9.32. The molecule has 0 heterocycles. The number of rotatable bonds is 4. The fourth-order valence-corrected chi connectivity index (χ4v) is 1.10. The zero-order chi connectivity index (χ0) is 14.5. The molecule has 1 aromatic carbocycles. The number of aliphatic carboxylic acids is 1. The number of benzene rings is 1. The molecule has 0 aliphatic carbocycles. The first-order valence-corrected chi connectivity index (χ1v) is 4.89. The lowest BCUT2D eigenvalue weighted by Crippen LogP contribution is -2.33. The van der Waals surface area contributed by atoms with Crippen molar-refractivity contribution in [3.8, 4) is 5.75 Å². The lowest BCUT2D eigenvalue weighted by Gasteiger charge is -2.10. The van der Waals surface area contributed by atoms with E-state index in [2.05, 4.69) is 10.1 Å². The van der Waals surface area contributed by atoms with E-state index in [1.54, 1.807) is 0 Å². The van der Waals surface area contributed by atoms with Crippen molar-refractivity contribution < 1.29 is 32.6 Å². The van der Waals surface area contributed by atoms with Crippen LogP contribution in [0.4, 0.5) is 23.7 Å². The van der Waals surface area contributed by atoms with Gasteiger partial charge in [-0.3, -0.25) is 4.79 Å². The largest absolute Gasteiger partial charge is 0.573 e. The Morgan fingerprint density at radius 2 is 2.00 bits per heavy atom. The van der Waals surface area contributed by atoms with Crippen LogP contribution in [0.25, 0.3) is 0 Å². The molecule has 0 aromatic heterocycles. The van der Waals surface area contributed by atoms with Gasteiger partial charge in [0, 0.05) is 11.8 Å². The first-order valence-electron chi connectivity index (χ1n) is 4.89. The summed E-state index contributed by atoms with van der Waals surface area (Å²) in [5, 5.41) is 12.5. The van der Waals surface area contributed by atoms with E-state index in [0.717, 1.165) is 12.1 Å². The fraction of sp³-hybridized carbons (Fsp3) is 0.200. The molecule has 0 aliphatic heterocycles. The first kappa shape index (κ1) is 14.6. The van der Waals surface area contributed by atoms with Crippen LogP contribution in [0.15, 0.2) is 24.3 Å². The standard InChI is InChI=1S/C10H9F3N2O4/c11-10(12,13)19-7-3-1-2-6(4-7)15-9(18)14-5-8(16)17/h1-4H,5H2,(H,16,17)(H2,14,15,18). The Hall–Kier alpha value is -2.45. The smallest absolute Gasteiger partial charge is 0.480 e. The third-order valence-corrected chi connectivity index (χ3v) is 1.73. The number of carboxylic acids is 1. The summed E-state index contributed by atoms with van der Waals surface area (Å²) in [5.41, 5.74) is 0.0321. The molecular formula is C10H9F3N2O4. The van der Waals surface area contributed by atoms with Crippen LogP contribution < -0.4 is 15.4 Å². The number of carboxylic acid groups (broad SMARTS) is 1. The summed E-state index contributed by atoms with van der Waals surface area (Å²) in [7, 11) is 0. The molecular weight excluding hydrogens is 269 g/mol. The Morgan fingerprint density at radius 3 is 2.58 bits per heavy atom.